The maximum Gasteiger partial charge on any atom is 0.468 e. The molecule has 0 heterocycles. The maximum absolute atomic E-state index is 13.8. The van der Waals surface area contributed by atoms with E-state index in [0.29, 0.717) is 19.3 Å². The van der Waals surface area contributed by atoms with Crippen LogP contribution >= 0.6 is 0 Å². The fourth-order valence-corrected chi connectivity index (χ4v) is 3.32. The van der Waals surface area contributed by atoms with E-state index in [2.05, 4.69) is 20.8 Å². The summed E-state index contributed by atoms with van der Waals surface area (Å²) in [5, 5.41) is -6.09. The van der Waals surface area contributed by atoms with Crippen LogP contribution in [-0.4, -0.2) is 61.3 Å². The second-order valence-corrected chi connectivity index (χ2v) is 8.52. The molecule has 0 radical (unpaired) electrons. The van der Waals surface area contributed by atoms with Crippen molar-refractivity contribution in [1.82, 2.24) is 0 Å². The number of halogens is 7. The van der Waals surface area contributed by atoms with Gasteiger partial charge in [-0.05, 0) is 12.8 Å². The number of carbonyl (C=O) groups is 2. The highest BCUT2D eigenvalue weighted by Crippen LogP contribution is 2.43. The van der Waals surface area contributed by atoms with Gasteiger partial charge >= 0.3 is 45.2 Å². The Kier molecular flexibility index (Phi) is 9.30. The maximum atomic E-state index is 13.8. The van der Waals surface area contributed by atoms with Gasteiger partial charge in [-0.15, -0.1) is 0 Å². The molecule has 0 spiro atoms. The SMILES string of the molecule is C=CCOC(=O)C(OCCC(F)(F)C(F)(F)S(=O)(=O)O)(OC(=O)C1CCCCC1)C(F)(F)F. The van der Waals surface area contributed by atoms with Crippen LogP contribution in [0.4, 0.5) is 30.7 Å². The minimum absolute atomic E-state index is 0.104. The van der Waals surface area contributed by atoms with Crippen LogP contribution in [-0.2, 0) is 33.9 Å². The molecule has 16 heteroatoms. The fraction of sp³-hybridized carbons (Fsp3) is 0.765. The van der Waals surface area contributed by atoms with Crippen LogP contribution in [0.15, 0.2) is 12.7 Å². The molecule has 0 amide bonds. The molecule has 1 unspecified atom stereocenters. The second-order valence-electron chi connectivity index (χ2n) is 7.05. The van der Waals surface area contributed by atoms with Crippen LogP contribution in [0.5, 0.6) is 0 Å². The van der Waals surface area contributed by atoms with Crippen LogP contribution in [0.3, 0.4) is 0 Å². The van der Waals surface area contributed by atoms with Crippen molar-refractivity contribution in [3.63, 3.8) is 0 Å². The van der Waals surface area contributed by atoms with Gasteiger partial charge in [-0.2, -0.15) is 39.2 Å². The average molecular weight is 518 g/mol. The molecule has 33 heavy (non-hydrogen) atoms. The third-order valence-electron chi connectivity index (χ3n) is 4.63. The Morgan fingerprint density at radius 2 is 1.58 bits per heavy atom. The van der Waals surface area contributed by atoms with Gasteiger partial charge in [0.15, 0.2) is 0 Å². The molecule has 0 saturated heterocycles. The Labute approximate surface area is 183 Å². The monoisotopic (exact) mass is 518 g/mol. The molecule has 0 aromatic rings. The van der Waals surface area contributed by atoms with Gasteiger partial charge in [0.25, 0.3) is 0 Å². The van der Waals surface area contributed by atoms with Crippen LogP contribution in [0.25, 0.3) is 0 Å². The molecule has 0 aromatic heterocycles. The lowest BCUT2D eigenvalue weighted by Crippen LogP contribution is -2.59. The largest absolute Gasteiger partial charge is 0.468 e. The minimum atomic E-state index is -6.67. The number of hydrogen-bond donors (Lipinski definition) is 1. The minimum Gasteiger partial charge on any atom is -0.456 e. The summed E-state index contributed by atoms with van der Waals surface area (Å²) >= 11 is 0. The van der Waals surface area contributed by atoms with Crippen LogP contribution < -0.4 is 0 Å². The summed E-state index contributed by atoms with van der Waals surface area (Å²) in [5.41, 5.74) is 0. The van der Waals surface area contributed by atoms with Crippen molar-refractivity contribution >= 4 is 22.1 Å². The van der Waals surface area contributed by atoms with Crippen molar-refractivity contribution in [1.29, 1.82) is 0 Å². The van der Waals surface area contributed by atoms with Gasteiger partial charge in [-0.3, -0.25) is 9.35 Å². The molecule has 1 rings (SSSR count). The molecular formula is C17H21F7O8S. The molecule has 1 saturated carbocycles. The van der Waals surface area contributed by atoms with Crippen LogP contribution in [0, 0.1) is 5.92 Å². The third kappa shape index (κ3) is 6.56. The number of ether oxygens (including phenoxy) is 3. The van der Waals surface area contributed by atoms with Crippen LogP contribution in [0.2, 0.25) is 0 Å². The first-order valence-corrected chi connectivity index (χ1v) is 10.8. The van der Waals surface area contributed by atoms with E-state index in [1.54, 1.807) is 0 Å². The summed E-state index contributed by atoms with van der Waals surface area (Å²) in [5.74, 6) is -15.3. The van der Waals surface area contributed by atoms with E-state index in [1.807, 2.05) is 0 Å². The molecule has 8 nitrogen and oxygen atoms in total. The van der Waals surface area contributed by atoms with Crippen molar-refractivity contribution < 1.29 is 67.5 Å². The number of alkyl halides is 7. The van der Waals surface area contributed by atoms with Crippen LogP contribution in [0.1, 0.15) is 38.5 Å². The quantitative estimate of drug-likeness (QED) is 0.145. The zero-order chi connectivity index (χ0) is 25.7. The summed E-state index contributed by atoms with van der Waals surface area (Å²) in [6.45, 7) is 0.180. The zero-order valence-electron chi connectivity index (χ0n) is 16.9. The Morgan fingerprint density at radius 1 is 1.03 bits per heavy atom. The van der Waals surface area contributed by atoms with Crippen molar-refractivity contribution in [3.8, 4) is 0 Å². The number of carbonyl (C=O) groups excluding carboxylic acids is 2. The highest BCUT2D eigenvalue weighted by molar-refractivity contribution is 7.87. The van der Waals surface area contributed by atoms with E-state index in [9.17, 15) is 48.7 Å². The van der Waals surface area contributed by atoms with Crippen molar-refractivity contribution in [2.45, 2.75) is 61.7 Å². The van der Waals surface area contributed by atoms with E-state index < -0.39 is 70.7 Å². The van der Waals surface area contributed by atoms with Gasteiger partial charge in [0.2, 0.25) is 0 Å². The normalized spacial score (nSPS) is 18.3. The summed E-state index contributed by atoms with van der Waals surface area (Å²) in [6.07, 6.45) is -5.72. The smallest absolute Gasteiger partial charge is 0.456 e. The first kappa shape index (κ1) is 29.1. The lowest BCUT2D eigenvalue weighted by atomic mass is 9.89. The molecule has 1 fully saturated rings. The van der Waals surface area contributed by atoms with Gasteiger partial charge in [0.05, 0.1) is 12.5 Å². The highest BCUT2D eigenvalue weighted by atomic mass is 32.2. The van der Waals surface area contributed by atoms with Crippen molar-refractivity contribution in [3.05, 3.63) is 12.7 Å². The number of esters is 2. The van der Waals surface area contributed by atoms with E-state index in [0.717, 1.165) is 6.08 Å². The second kappa shape index (κ2) is 10.5. The predicted molar refractivity (Wildman–Crippen MR) is 94.6 cm³/mol. The highest BCUT2D eigenvalue weighted by Gasteiger charge is 2.69. The van der Waals surface area contributed by atoms with Gasteiger partial charge in [-0.25, -0.2) is 4.79 Å². The molecule has 1 N–H and O–H groups in total. The first-order chi connectivity index (χ1) is 14.9. The van der Waals surface area contributed by atoms with Gasteiger partial charge < -0.3 is 14.2 Å². The summed E-state index contributed by atoms with van der Waals surface area (Å²) in [4.78, 5) is 24.4. The van der Waals surface area contributed by atoms with Gasteiger partial charge in [0.1, 0.15) is 6.61 Å². The Morgan fingerprint density at radius 3 is 2.03 bits per heavy atom. The van der Waals surface area contributed by atoms with E-state index in [4.69, 9.17) is 4.55 Å². The number of rotatable bonds is 11. The van der Waals surface area contributed by atoms with Crippen molar-refractivity contribution in [2.75, 3.05) is 13.2 Å². The Balaban J connectivity index is 3.23. The Hall–Kier alpha value is -1.94. The lowest BCUT2D eigenvalue weighted by molar-refractivity contribution is -0.359. The standard InChI is InChI=1S/C17H21F7O8S/c1-2-9-30-13(26)15(16(20,21)22,32-12(25)11-6-4-3-5-7-11)31-10-8-14(18,19)17(23,24)33(27,28)29/h2,11H,1,3-10H2,(H,27,28,29). The molecule has 0 aliphatic heterocycles. The molecule has 1 atom stereocenters. The Bertz CT molecular complexity index is 822. The van der Waals surface area contributed by atoms with E-state index >= 15 is 0 Å². The lowest BCUT2D eigenvalue weighted by Gasteiger charge is -2.34. The van der Waals surface area contributed by atoms with E-state index in [-0.39, 0.29) is 12.8 Å². The molecule has 1 aliphatic carbocycles. The zero-order valence-corrected chi connectivity index (χ0v) is 17.7. The molecule has 192 valence electrons. The molecule has 0 aromatic carbocycles. The van der Waals surface area contributed by atoms with Crippen molar-refractivity contribution in [2.24, 2.45) is 5.92 Å². The first-order valence-electron chi connectivity index (χ1n) is 9.37. The topological polar surface area (TPSA) is 116 Å². The number of hydrogen-bond acceptors (Lipinski definition) is 7. The molecule has 0 bridgehead atoms. The van der Waals surface area contributed by atoms with E-state index in [1.165, 1.54) is 0 Å². The average Bonchev–Trinajstić information content (AvgIpc) is 2.69. The predicted octanol–water partition coefficient (Wildman–Crippen LogP) is 3.62. The molecule has 1 aliphatic rings. The fourth-order valence-electron chi connectivity index (χ4n) is 2.84. The summed E-state index contributed by atoms with van der Waals surface area (Å²) < 4.78 is 137. The van der Waals surface area contributed by atoms with Gasteiger partial charge in [0, 0.05) is 6.42 Å². The van der Waals surface area contributed by atoms with Gasteiger partial charge in [-0.1, -0.05) is 31.9 Å². The summed E-state index contributed by atoms with van der Waals surface area (Å²) in [6, 6.07) is 0. The third-order valence-corrected chi connectivity index (χ3v) is 5.57. The summed E-state index contributed by atoms with van der Waals surface area (Å²) in [7, 11) is -6.67. The molecular weight excluding hydrogens is 497 g/mol.